The van der Waals surface area contributed by atoms with Gasteiger partial charge in [-0.15, -0.1) is 26.3 Å². The zero-order valence-corrected chi connectivity index (χ0v) is 10.1. The minimum atomic E-state index is -6.21. The van der Waals surface area contributed by atoms with Gasteiger partial charge in [-0.3, -0.25) is 0 Å². The van der Waals surface area contributed by atoms with Gasteiger partial charge in [0, 0.05) is 5.92 Å². The molecule has 0 atom stereocenters. The number of hydrogen-bond acceptors (Lipinski definition) is 1. The maximum Gasteiger partial charge on any atom is 0.491 e. The summed E-state index contributed by atoms with van der Waals surface area (Å²) in [6.45, 7) is 0. The summed E-state index contributed by atoms with van der Waals surface area (Å²) in [5.41, 5.74) is -2.40. The number of nitrogens with zero attached hydrogens (tertiary/aromatic N) is 1. The van der Waals surface area contributed by atoms with Gasteiger partial charge in [-0.2, -0.15) is 22.5 Å². The van der Waals surface area contributed by atoms with Gasteiger partial charge in [-0.05, 0) is 12.8 Å². The Balaban J connectivity index is 3.47. The molecule has 1 aliphatic rings. The van der Waals surface area contributed by atoms with Crippen LogP contribution in [-0.4, -0.2) is 23.7 Å². The van der Waals surface area contributed by atoms with Crippen LogP contribution in [0.5, 0.6) is 0 Å². The van der Waals surface area contributed by atoms with Gasteiger partial charge in [-0.25, -0.2) is 0 Å². The number of rotatable bonds is 2. The lowest BCUT2D eigenvalue weighted by molar-refractivity contribution is -0.362. The van der Waals surface area contributed by atoms with E-state index in [9.17, 15) is 43.9 Å². The maximum absolute atomic E-state index is 13.2. The van der Waals surface area contributed by atoms with Crippen molar-refractivity contribution in [2.75, 3.05) is 0 Å². The van der Waals surface area contributed by atoms with Crippen LogP contribution in [0.3, 0.4) is 0 Å². The van der Waals surface area contributed by atoms with Crippen molar-refractivity contribution in [1.82, 2.24) is 4.90 Å². The summed E-state index contributed by atoms with van der Waals surface area (Å²) in [7, 11) is 0. The monoisotopic (exact) mass is 333 g/mol. The standard InChI is InChI=1S/C10H9F10N/c11-7(8(12,13)14)6(5-3-1-2-4-5)21(9(15,16)17)10(18,19)20/h5H,1-4H2/b7-6+. The van der Waals surface area contributed by atoms with Crippen LogP contribution in [0.15, 0.2) is 11.5 Å². The molecule has 1 fully saturated rings. The lowest BCUT2D eigenvalue weighted by atomic mass is 10.0. The molecule has 0 bridgehead atoms. The van der Waals surface area contributed by atoms with Crippen LogP contribution < -0.4 is 0 Å². The van der Waals surface area contributed by atoms with Crippen molar-refractivity contribution < 1.29 is 43.9 Å². The minimum Gasteiger partial charge on any atom is -0.200 e. The lowest BCUT2D eigenvalue weighted by Crippen LogP contribution is -2.49. The predicted octanol–water partition coefficient (Wildman–Crippen LogP) is 5.26. The van der Waals surface area contributed by atoms with E-state index in [1.54, 1.807) is 0 Å². The van der Waals surface area contributed by atoms with Crippen LogP contribution in [0.25, 0.3) is 0 Å². The molecular formula is C10H9F10N. The van der Waals surface area contributed by atoms with E-state index < -0.39 is 41.1 Å². The number of alkyl halides is 9. The fourth-order valence-electron chi connectivity index (χ4n) is 2.22. The Labute approximate surface area is 112 Å². The van der Waals surface area contributed by atoms with Gasteiger partial charge >= 0.3 is 18.8 Å². The molecule has 0 aromatic heterocycles. The first-order valence-corrected chi connectivity index (χ1v) is 5.67. The van der Waals surface area contributed by atoms with E-state index in [4.69, 9.17) is 0 Å². The molecule has 1 aliphatic carbocycles. The van der Waals surface area contributed by atoms with E-state index in [1.165, 1.54) is 0 Å². The number of hydrogen-bond donors (Lipinski definition) is 0. The quantitative estimate of drug-likeness (QED) is 0.492. The Kier molecular flexibility index (Phi) is 4.74. The van der Waals surface area contributed by atoms with Gasteiger partial charge in [0.2, 0.25) is 5.83 Å². The van der Waals surface area contributed by atoms with E-state index in [1.807, 2.05) is 0 Å². The molecule has 0 aliphatic heterocycles. The third-order valence-electron chi connectivity index (χ3n) is 2.96. The van der Waals surface area contributed by atoms with Crippen LogP contribution in [-0.2, 0) is 0 Å². The Bertz CT molecular complexity index is 382. The van der Waals surface area contributed by atoms with Gasteiger partial charge in [0.1, 0.15) is 0 Å². The normalized spacial score (nSPS) is 19.7. The lowest BCUT2D eigenvalue weighted by Gasteiger charge is -2.34. The Morgan fingerprint density at radius 2 is 1.14 bits per heavy atom. The molecule has 1 saturated carbocycles. The molecule has 0 N–H and O–H groups in total. The van der Waals surface area contributed by atoms with Gasteiger partial charge in [0.25, 0.3) is 0 Å². The summed E-state index contributed by atoms with van der Waals surface area (Å²) in [6.07, 6.45) is -18.8. The predicted molar refractivity (Wildman–Crippen MR) is 50.1 cm³/mol. The van der Waals surface area contributed by atoms with E-state index in [0.29, 0.717) is 0 Å². The molecule has 1 nitrogen and oxygen atoms in total. The average molecular weight is 333 g/mol. The molecule has 21 heavy (non-hydrogen) atoms. The van der Waals surface area contributed by atoms with Crippen LogP contribution in [0.2, 0.25) is 0 Å². The molecule has 0 unspecified atom stereocenters. The van der Waals surface area contributed by atoms with Crippen molar-refractivity contribution in [3.63, 3.8) is 0 Å². The highest BCUT2D eigenvalue weighted by Crippen LogP contribution is 2.47. The second-order valence-corrected chi connectivity index (χ2v) is 4.45. The van der Waals surface area contributed by atoms with Crippen LogP contribution in [0.1, 0.15) is 25.7 Å². The van der Waals surface area contributed by atoms with E-state index in [-0.39, 0.29) is 25.7 Å². The third-order valence-corrected chi connectivity index (χ3v) is 2.96. The van der Waals surface area contributed by atoms with Gasteiger partial charge in [0.05, 0.1) is 5.70 Å². The average Bonchev–Trinajstić information content (AvgIpc) is 2.72. The fraction of sp³-hybridized carbons (Fsp3) is 0.800. The molecule has 0 radical (unpaired) electrons. The third kappa shape index (κ3) is 4.16. The van der Waals surface area contributed by atoms with Crippen LogP contribution >= 0.6 is 0 Å². The molecule has 0 spiro atoms. The van der Waals surface area contributed by atoms with Crippen molar-refractivity contribution >= 4 is 0 Å². The molecule has 0 saturated heterocycles. The molecular weight excluding hydrogens is 324 g/mol. The summed E-state index contributed by atoms with van der Waals surface area (Å²) in [6, 6.07) is 0. The zero-order chi connectivity index (χ0) is 16.6. The summed E-state index contributed by atoms with van der Waals surface area (Å²) in [5.74, 6) is -5.14. The molecule has 1 rings (SSSR count). The smallest absolute Gasteiger partial charge is 0.200 e. The van der Waals surface area contributed by atoms with Crippen molar-refractivity contribution in [2.24, 2.45) is 5.92 Å². The minimum absolute atomic E-state index is 0.128. The Morgan fingerprint density at radius 3 is 1.43 bits per heavy atom. The first-order chi connectivity index (χ1) is 9.26. The molecule has 0 aromatic carbocycles. The van der Waals surface area contributed by atoms with E-state index in [2.05, 4.69) is 0 Å². The van der Waals surface area contributed by atoms with Gasteiger partial charge in [0.15, 0.2) is 0 Å². The highest BCUT2D eigenvalue weighted by molar-refractivity contribution is 5.17. The first kappa shape index (κ1) is 17.9. The molecule has 0 amide bonds. The SMILES string of the molecule is F/C(=C(\C1CCCC1)N(C(F)(F)F)C(F)(F)F)C(F)(F)F. The Hall–Kier alpha value is -1.16. The second kappa shape index (κ2) is 5.56. The van der Waals surface area contributed by atoms with E-state index >= 15 is 0 Å². The summed E-state index contributed by atoms with van der Waals surface area (Å²) in [5, 5.41) is 0. The number of halogens is 10. The summed E-state index contributed by atoms with van der Waals surface area (Å²) in [4.78, 5) is -2.38. The molecule has 0 heterocycles. The number of allylic oxidation sites excluding steroid dienone is 2. The largest absolute Gasteiger partial charge is 0.491 e. The molecule has 11 heteroatoms. The van der Waals surface area contributed by atoms with Crippen LogP contribution in [0, 0.1) is 5.92 Å². The molecule has 0 aromatic rings. The zero-order valence-electron chi connectivity index (χ0n) is 10.1. The van der Waals surface area contributed by atoms with Gasteiger partial charge < -0.3 is 0 Å². The maximum atomic E-state index is 13.2. The van der Waals surface area contributed by atoms with Crippen molar-refractivity contribution in [3.8, 4) is 0 Å². The molecule has 124 valence electrons. The highest BCUT2D eigenvalue weighted by atomic mass is 19.4. The van der Waals surface area contributed by atoms with Crippen molar-refractivity contribution in [2.45, 2.75) is 44.5 Å². The second-order valence-electron chi connectivity index (χ2n) is 4.45. The van der Waals surface area contributed by atoms with Gasteiger partial charge in [-0.1, -0.05) is 12.8 Å². The first-order valence-electron chi connectivity index (χ1n) is 5.67. The Morgan fingerprint density at radius 1 is 0.762 bits per heavy atom. The van der Waals surface area contributed by atoms with Crippen molar-refractivity contribution in [3.05, 3.63) is 11.5 Å². The topological polar surface area (TPSA) is 3.24 Å². The highest BCUT2D eigenvalue weighted by Gasteiger charge is 2.58. The summed E-state index contributed by atoms with van der Waals surface area (Å²) < 4.78 is 125. The van der Waals surface area contributed by atoms with E-state index in [0.717, 1.165) is 0 Å². The van der Waals surface area contributed by atoms with Crippen molar-refractivity contribution in [1.29, 1.82) is 0 Å². The summed E-state index contributed by atoms with van der Waals surface area (Å²) >= 11 is 0. The van der Waals surface area contributed by atoms with Crippen LogP contribution in [0.4, 0.5) is 43.9 Å². The fourth-order valence-corrected chi connectivity index (χ4v) is 2.22.